The van der Waals surface area contributed by atoms with Crippen molar-refractivity contribution in [1.29, 1.82) is 0 Å². The van der Waals surface area contributed by atoms with E-state index in [1.807, 2.05) is 0 Å². The fraction of sp³-hybridized carbons (Fsp3) is 0.588. The molecule has 4 nitrogen and oxygen atoms in total. The van der Waals surface area contributed by atoms with Crippen LogP contribution in [0.2, 0.25) is 0 Å². The minimum absolute atomic E-state index is 0. The lowest BCUT2D eigenvalue weighted by molar-refractivity contribution is -0.153. The molecule has 3 rings (SSSR count). The molecule has 0 spiro atoms. The molecule has 2 N–H and O–H groups in total. The molecule has 0 aliphatic carbocycles. The number of hydrogen-bond donors (Lipinski definition) is 2. The van der Waals surface area contributed by atoms with Crippen molar-refractivity contribution in [2.75, 3.05) is 11.9 Å². The minimum Gasteiger partial charge on any atom is -0.482 e. The number of halogens is 5. The second kappa shape index (κ2) is 8.43. The molecule has 0 saturated carbocycles. The van der Waals surface area contributed by atoms with E-state index < -0.39 is 18.6 Å². The lowest BCUT2D eigenvalue weighted by Crippen LogP contribution is -2.39. The maximum atomic E-state index is 13.4. The highest BCUT2D eigenvalue weighted by molar-refractivity contribution is 5.92. The lowest BCUT2D eigenvalue weighted by atomic mass is 9.89. The first kappa shape index (κ1) is 20.8. The number of benzene rings is 1. The van der Waals surface area contributed by atoms with Crippen LogP contribution in [0.3, 0.4) is 0 Å². The molecule has 2 aliphatic heterocycles. The average molecular weight is 397 g/mol. The van der Waals surface area contributed by atoms with Crippen molar-refractivity contribution in [3.63, 3.8) is 0 Å². The maximum absolute atomic E-state index is 13.4. The molecule has 2 bridgehead atoms. The van der Waals surface area contributed by atoms with Crippen LogP contribution in [-0.4, -0.2) is 30.8 Å². The van der Waals surface area contributed by atoms with Crippen molar-refractivity contribution in [1.82, 2.24) is 5.32 Å². The lowest BCUT2D eigenvalue weighted by Gasteiger charge is -2.28. The van der Waals surface area contributed by atoms with Crippen molar-refractivity contribution in [2.45, 2.75) is 50.4 Å². The van der Waals surface area contributed by atoms with E-state index in [0.717, 1.165) is 43.9 Å². The Morgan fingerprint density at radius 2 is 1.88 bits per heavy atom. The molecule has 2 saturated heterocycles. The summed E-state index contributed by atoms with van der Waals surface area (Å²) in [6.07, 6.45) is -0.201. The highest BCUT2D eigenvalue weighted by Gasteiger charge is 2.34. The predicted molar refractivity (Wildman–Crippen MR) is 91.1 cm³/mol. The van der Waals surface area contributed by atoms with E-state index in [4.69, 9.17) is 0 Å². The smallest absolute Gasteiger partial charge is 0.422 e. The molecule has 2 heterocycles. The molecular formula is C17H21ClF4N2O2. The number of carbonyl (C=O) groups is 1. The van der Waals surface area contributed by atoms with Gasteiger partial charge >= 0.3 is 6.18 Å². The SMILES string of the molecule is Cl.O=C(CC1CC2CCC(C1)N2)Nc1cc(F)ccc1OCC(F)(F)F. The highest BCUT2D eigenvalue weighted by Crippen LogP contribution is 2.33. The fourth-order valence-electron chi connectivity index (χ4n) is 3.69. The van der Waals surface area contributed by atoms with Crippen LogP contribution in [0.4, 0.5) is 23.2 Å². The first-order chi connectivity index (χ1) is 11.8. The van der Waals surface area contributed by atoms with Crippen LogP contribution in [0.1, 0.15) is 32.1 Å². The Bertz CT molecular complexity index is 630. The van der Waals surface area contributed by atoms with Gasteiger partial charge in [0.25, 0.3) is 0 Å². The number of rotatable bonds is 5. The molecule has 1 aromatic carbocycles. The van der Waals surface area contributed by atoms with Crippen molar-refractivity contribution >= 4 is 24.0 Å². The number of piperidine rings is 1. The summed E-state index contributed by atoms with van der Waals surface area (Å²) in [7, 11) is 0. The summed E-state index contributed by atoms with van der Waals surface area (Å²) in [5.74, 6) is -0.965. The number of ether oxygens (including phenoxy) is 1. The topological polar surface area (TPSA) is 50.4 Å². The van der Waals surface area contributed by atoms with Crippen molar-refractivity contribution in [3.05, 3.63) is 24.0 Å². The summed E-state index contributed by atoms with van der Waals surface area (Å²) in [6.45, 7) is -1.50. The van der Waals surface area contributed by atoms with Gasteiger partial charge in [-0.1, -0.05) is 0 Å². The Morgan fingerprint density at radius 1 is 1.23 bits per heavy atom. The summed E-state index contributed by atoms with van der Waals surface area (Å²) in [5, 5.41) is 5.98. The van der Waals surface area contributed by atoms with Crippen LogP contribution in [0.15, 0.2) is 18.2 Å². The molecule has 2 fully saturated rings. The first-order valence-electron chi connectivity index (χ1n) is 8.33. The Morgan fingerprint density at radius 3 is 2.50 bits per heavy atom. The van der Waals surface area contributed by atoms with E-state index in [1.165, 1.54) is 0 Å². The number of hydrogen-bond acceptors (Lipinski definition) is 3. The van der Waals surface area contributed by atoms with Gasteiger partial charge in [0.05, 0.1) is 5.69 Å². The Balaban J connectivity index is 0.00000243. The van der Waals surface area contributed by atoms with Crippen LogP contribution < -0.4 is 15.4 Å². The fourth-order valence-corrected chi connectivity index (χ4v) is 3.69. The molecule has 0 radical (unpaired) electrons. The summed E-state index contributed by atoms with van der Waals surface area (Å²) in [5.41, 5.74) is -0.0776. The van der Waals surface area contributed by atoms with Gasteiger partial charge in [0, 0.05) is 24.6 Å². The van der Waals surface area contributed by atoms with E-state index in [9.17, 15) is 22.4 Å². The largest absolute Gasteiger partial charge is 0.482 e. The van der Waals surface area contributed by atoms with Gasteiger partial charge in [-0.25, -0.2) is 4.39 Å². The number of anilines is 1. The summed E-state index contributed by atoms with van der Waals surface area (Å²) in [4.78, 5) is 12.2. The predicted octanol–water partition coefficient (Wildman–Crippen LogP) is 4.05. The molecule has 2 unspecified atom stereocenters. The van der Waals surface area contributed by atoms with Gasteiger partial charge in [0.1, 0.15) is 11.6 Å². The zero-order valence-electron chi connectivity index (χ0n) is 13.9. The summed E-state index contributed by atoms with van der Waals surface area (Å²) < 4.78 is 55.0. The Kier molecular flexibility index (Phi) is 6.74. The van der Waals surface area contributed by atoms with Crippen molar-refractivity contribution < 1.29 is 27.1 Å². The number of carbonyl (C=O) groups excluding carboxylic acids is 1. The quantitative estimate of drug-likeness (QED) is 0.738. The molecule has 2 aliphatic rings. The van der Waals surface area contributed by atoms with Gasteiger partial charge in [0.2, 0.25) is 5.91 Å². The van der Waals surface area contributed by atoms with Gasteiger partial charge in [-0.15, -0.1) is 12.4 Å². The second-order valence-electron chi connectivity index (χ2n) is 6.77. The third kappa shape index (κ3) is 5.74. The average Bonchev–Trinajstić information content (AvgIpc) is 2.84. The molecule has 0 aromatic heterocycles. The van der Waals surface area contributed by atoms with Gasteiger partial charge < -0.3 is 15.4 Å². The van der Waals surface area contributed by atoms with Crippen LogP contribution in [0, 0.1) is 11.7 Å². The molecular weight excluding hydrogens is 376 g/mol. The van der Waals surface area contributed by atoms with Gasteiger partial charge in [0.15, 0.2) is 6.61 Å². The standard InChI is InChI=1S/C17H20F4N2O2.ClH/c18-11-1-4-15(25-9-17(19,20)21)14(8-11)23-16(24)7-10-5-12-2-3-13(6-10)22-12;/h1,4,8,10,12-13,22H,2-3,5-7,9H2,(H,23,24);1H. The highest BCUT2D eigenvalue weighted by atomic mass is 35.5. The number of fused-ring (bicyclic) bond motifs is 2. The van der Waals surface area contributed by atoms with Crippen LogP contribution in [-0.2, 0) is 4.79 Å². The summed E-state index contributed by atoms with van der Waals surface area (Å²) in [6, 6.07) is 3.93. The Labute approximate surface area is 155 Å². The van der Waals surface area contributed by atoms with Crippen molar-refractivity contribution in [3.8, 4) is 5.75 Å². The van der Waals surface area contributed by atoms with Gasteiger partial charge in [-0.3, -0.25) is 4.79 Å². The van der Waals surface area contributed by atoms with Crippen LogP contribution in [0.25, 0.3) is 0 Å². The summed E-state index contributed by atoms with van der Waals surface area (Å²) >= 11 is 0. The minimum atomic E-state index is -4.51. The molecule has 2 atom stereocenters. The second-order valence-corrected chi connectivity index (χ2v) is 6.77. The normalized spacial score (nSPS) is 24.7. The van der Waals surface area contributed by atoms with E-state index >= 15 is 0 Å². The molecule has 26 heavy (non-hydrogen) atoms. The number of nitrogens with one attached hydrogen (secondary N) is 2. The van der Waals surface area contributed by atoms with Gasteiger partial charge in [-0.05, 0) is 43.7 Å². The molecule has 146 valence electrons. The maximum Gasteiger partial charge on any atom is 0.422 e. The third-order valence-electron chi connectivity index (χ3n) is 4.65. The van der Waals surface area contributed by atoms with Gasteiger partial charge in [-0.2, -0.15) is 13.2 Å². The number of amides is 1. The zero-order valence-corrected chi connectivity index (χ0v) is 14.8. The Hall–Kier alpha value is -1.54. The van der Waals surface area contributed by atoms with E-state index in [1.54, 1.807) is 0 Å². The van der Waals surface area contributed by atoms with E-state index in [-0.39, 0.29) is 42.1 Å². The zero-order chi connectivity index (χ0) is 18.0. The molecule has 1 aromatic rings. The van der Waals surface area contributed by atoms with Crippen molar-refractivity contribution in [2.24, 2.45) is 5.92 Å². The molecule has 9 heteroatoms. The number of alkyl halides is 3. The third-order valence-corrected chi connectivity index (χ3v) is 4.65. The first-order valence-corrected chi connectivity index (χ1v) is 8.33. The van der Waals surface area contributed by atoms with Crippen LogP contribution in [0.5, 0.6) is 5.75 Å². The monoisotopic (exact) mass is 396 g/mol. The van der Waals surface area contributed by atoms with E-state index in [2.05, 4.69) is 15.4 Å². The molecule has 1 amide bonds. The van der Waals surface area contributed by atoms with E-state index in [0.29, 0.717) is 12.1 Å². The van der Waals surface area contributed by atoms with Crippen LogP contribution >= 0.6 is 12.4 Å².